The van der Waals surface area contributed by atoms with Gasteiger partial charge in [0, 0.05) is 6.08 Å². The SMILES string of the molecule is CC(C)(C)[Si](OCc1ccccc1/C=C/C(=O)O)(c1ccccc1)c1ccccc1. The summed E-state index contributed by atoms with van der Waals surface area (Å²) in [6.07, 6.45) is 2.80. The molecular formula is C26H28O3Si. The van der Waals surface area contributed by atoms with Crippen LogP contribution < -0.4 is 10.4 Å². The van der Waals surface area contributed by atoms with Crippen LogP contribution in [-0.2, 0) is 15.8 Å². The summed E-state index contributed by atoms with van der Waals surface area (Å²) in [7, 11) is -2.64. The quantitative estimate of drug-likeness (QED) is 0.442. The predicted molar refractivity (Wildman–Crippen MR) is 126 cm³/mol. The average molecular weight is 417 g/mol. The van der Waals surface area contributed by atoms with Crippen molar-refractivity contribution in [1.29, 1.82) is 0 Å². The van der Waals surface area contributed by atoms with Crippen LogP contribution in [0, 0.1) is 0 Å². The molecule has 0 bridgehead atoms. The summed E-state index contributed by atoms with van der Waals surface area (Å²) < 4.78 is 6.96. The predicted octanol–water partition coefficient (Wildman–Crippen LogP) is 4.86. The van der Waals surface area contributed by atoms with Crippen molar-refractivity contribution in [3.63, 3.8) is 0 Å². The van der Waals surface area contributed by atoms with Gasteiger partial charge in [-0.3, -0.25) is 0 Å². The number of carboxylic acid groups (broad SMARTS) is 1. The van der Waals surface area contributed by atoms with E-state index >= 15 is 0 Å². The minimum Gasteiger partial charge on any atom is -0.478 e. The van der Waals surface area contributed by atoms with Crippen molar-refractivity contribution in [2.75, 3.05) is 0 Å². The average Bonchev–Trinajstić information content (AvgIpc) is 2.74. The van der Waals surface area contributed by atoms with E-state index in [0.29, 0.717) is 6.61 Å². The molecule has 0 aromatic heterocycles. The third-order valence-electron chi connectivity index (χ3n) is 5.32. The molecule has 0 saturated heterocycles. The van der Waals surface area contributed by atoms with Gasteiger partial charge in [0.1, 0.15) is 0 Å². The summed E-state index contributed by atoms with van der Waals surface area (Å²) in [4.78, 5) is 11.0. The normalized spacial score (nSPS) is 12.2. The van der Waals surface area contributed by atoms with Crippen LogP contribution in [0.2, 0.25) is 5.04 Å². The Morgan fingerprint density at radius 2 is 1.37 bits per heavy atom. The molecule has 0 aliphatic heterocycles. The third-order valence-corrected chi connectivity index (χ3v) is 10.3. The molecule has 0 spiro atoms. The highest BCUT2D eigenvalue weighted by molar-refractivity contribution is 6.99. The number of carbonyl (C=O) groups is 1. The van der Waals surface area contributed by atoms with Crippen molar-refractivity contribution in [3.8, 4) is 0 Å². The van der Waals surface area contributed by atoms with Crippen molar-refractivity contribution >= 4 is 30.7 Å². The molecule has 0 amide bonds. The van der Waals surface area contributed by atoms with Gasteiger partial charge in [-0.25, -0.2) is 4.79 Å². The minimum atomic E-state index is -2.64. The van der Waals surface area contributed by atoms with E-state index in [4.69, 9.17) is 9.53 Å². The molecule has 0 radical (unpaired) electrons. The lowest BCUT2D eigenvalue weighted by Crippen LogP contribution is -2.66. The summed E-state index contributed by atoms with van der Waals surface area (Å²) in [6, 6.07) is 28.8. The number of hydrogen-bond acceptors (Lipinski definition) is 2. The molecule has 3 aromatic carbocycles. The molecule has 0 atom stereocenters. The number of hydrogen-bond donors (Lipinski definition) is 1. The van der Waals surface area contributed by atoms with Gasteiger partial charge >= 0.3 is 5.97 Å². The Bertz CT molecular complexity index is 966. The van der Waals surface area contributed by atoms with Gasteiger partial charge in [-0.2, -0.15) is 0 Å². The van der Waals surface area contributed by atoms with E-state index < -0.39 is 14.3 Å². The van der Waals surface area contributed by atoms with Crippen molar-refractivity contribution in [1.82, 2.24) is 0 Å². The zero-order chi connectivity index (χ0) is 21.6. The Balaban J connectivity index is 2.09. The fourth-order valence-electron chi connectivity index (χ4n) is 3.94. The molecule has 154 valence electrons. The van der Waals surface area contributed by atoms with Crippen LogP contribution in [0.3, 0.4) is 0 Å². The van der Waals surface area contributed by atoms with Gasteiger partial charge < -0.3 is 9.53 Å². The number of rotatable bonds is 7. The second-order valence-corrected chi connectivity index (χ2v) is 12.6. The molecule has 4 heteroatoms. The molecule has 3 aromatic rings. The van der Waals surface area contributed by atoms with E-state index in [9.17, 15) is 4.79 Å². The lowest BCUT2D eigenvalue weighted by Gasteiger charge is -2.43. The molecule has 0 fully saturated rings. The molecule has 3 nitrogen and oxygen atoms in total. The van der Waals surface area contributed by atoms with Crippen LogP contribution >= 0.6 is 0 Å². The summed E-state index contributed by atoms with van der Waals surface area (Å²) >= 11 is 0. The highest BCUT2D eigenvalue weighted by Gasteiger charge is 2.50. The second-order valence-electron chi connectivity index (χ2n) is 8.32. The third kappa shape index (κ3) is 4.61. The molecule has 0 heterocycles. The zero-order valence-electron chi connectivity index (χ0n) is 17.7. The minimum absolute atomic E-state index is 0.110. The number of benzene rings is 3. The lowest BCUT2D eigenvalue weighted by atomic mass is 10.1. The van der Waals surface area contributed by atoms with Crippen LogP contribution in [0.4, 0.5) is 0 Å². The van der Waals surface area contributed by atoms with Gasteiger partial charge in [0.05, 0.1) is 6.61 Å². The van der Waals surface area contributed by atoms with Gasteiger partial charge in [-0.1, -0.05) is 106 Å². The zero-order valence-corrected chi connectivity index (χ0v) is 18.7. The Kier molecular flexibility index (Phi) is 6.70. The molecule has 0 aliphatic rings. The summed E-state index contributed by atoms with van der Waals surface area (Å²) in [6.45, 7) is 7.15. The molecule has 1 N–H and O–H groups in total. The Morgan fingerprint density at radius 3 is 1.87 bits per heavy atom. The Morgan fingerprint density at radius 1 is 0.867 bits per heavy atom. The van der Waals surface area contributed by atoms with Crippen LogP contribution in [0.15, 0.2) is 91.0 Å². The maximum absolute atomic E-state index is 11.0. The first-order valence-electron chi connectivity index (χ1n) is 10.1. The molecule has 0 aliphatic carbocycles. The lowest BCUT2D eigenvalue weighted by molar-refractivity contribution is -0.131. The van der Waals surface area contributed by atoms with E-state index in [1.165, 1.54) is 16.4 Å². The Labute approximate surface area is 179 Å². The van der Waals surface area contributed by atoms with Gasteiger partial charge in [0.15, 0.2) is 0 Å². The van der Waals surface area contributed by atoms with E-state index in [-0.39, 0.29) is 5.04 Å². The number of aliphatic carboxylic acids is 1. The van der Waals surface area contributed by atoms with E-state index in [1.54, 1.807) is 6.08 Å². The van der Waals surface area contributed by atoms with Gasteiger partial charge in [0.25, 0.3) is 8.32 Å². The molecular weight excluding hydrogens is 388 g/mol. The van der Waals surface area contributed by atoms with Gasteiger partial charge in [-0.05, 0) is 32.6 Å². The van der Waals surface area contributed by atoms with Crippen LogP contribution in [0.5, 0.6) is 0 Å². The van der Waals surface area contributed by atoms with E-state index in [1.807, 2.05) is 36.4 Å². The summed E-state index contributed by atoms with van der Waals surface area (Å²) in [5, 5.41) is 11.4. The first-order valence-corrected chi connectivity index (χ1v) is 12.0. The van der Waals surface area contributed by atoms with E-state index in [0.717, 1.165) is 11.1 Å². The molecule has 3 rings (SSSR count). The Hall–Kier alpha value is -2.95. The summed E-state index contributed by atoms with van der Waals surface area (Å²) in [5.41, 5.74) is 1.83. The van der Waals surface area contributed by atoms with Crippen molar-refractivity contribution in [2.24, 2.45) is 0 Å². The molecule has 0 saturated carbocycles. The first-order chi connectivity index (χ1) is 14.3. The number of carboxylic acids is 1. The highest BCUT2D eigenvalue weighted by Crippen LogP contribution is 2.37. The molecule has 0 unspecified atom stereocenters. The van der Waals surface area contributed by atoms with Crippen molar-refractivity contribution < 1.29 is 14.3 Å². The fourth-order valence-corrected chi connectivity index (χ4v) is 8.46. The molecule has 30 heavy (non-hydrogen) atoms. The first kappa shape index (κ1) is 21.7. The van der Waals surface area contributed by atoms with Crippen molar-refractivity contribution in [2.45, 2.75) is 32.4 Å². The van der Waals surface area contributed by atoms with E-state index in [2.05, 4.69) is 69.3 Å². The topological polar surface area (TPSA) is 46.5 Å². The van der Waals surface area contributed by atoms with Crippen LogP contribution in [0.25, 0.3) is 6.08 Å². The van der Waals surface area contributed by atoms with Crippen LogP contribution in [-0.4, -0.2) is 19.4 Å². The standard InChI is InChI=1S/C26H28O3Si/c1-26(2,3)30(23-14-6-4-7-15-23,24-16-8-5-9-17-24)29-20-22-13-11-10-12-21(22)18-19-25(27)28/h4-19H,20H2,1-3H3,(H,27,28)/b19-18+. The summed E-state index contributed by atoms with van der Waals surface area (Å²) in [5.74, 6) is -0.960. The van der Waals surface area contributed by atoms with Gasteiger partial charge in [-0.15, -0.1) is 0 Å². The largest absolute Gasteiger partial charge is 0.478 e. The highest BCUT2D eigenvalue weighted by atomic mass is 28.4. The monoisotopic (exact) mass is 416 g/mol. The van der Waals surface area contributed by atoms with Crippen molar-refractivity contribution in [3.05, 3.63) is 102 Å². The fraction of sp³-hybridized carbons (Fsp3) is 0.192. The van der Waals surface area contributed by atoms with Crippen LogP contribution in [0.1, 0.15) is 31.9 Å². The smallest absolute Gasteiger partial charge is 0.328 e. The second kappa shape index (κ2) is 9.24. The van der Waals surface area contributed by atoms with Gasteiger partial charge in [0.2, 0.25) is 0 Å². The maximum atomic E-state index is 11.0. The maximum Gasteiger partial charge on any atom is 0.328 e.